The molecule has 1 N–H and O–H groups in total. The Labute approximate surface area is 98.8 Å². The van der Waals surface area contributed by atoms with E-state index >= 15 is 0 Å². The molecule has 1 fully saturated rings. The number of nitrogens with zero attached hydrogens (tertiary/aromatic N) is 3. The molecule has 6 heteroatoms. The van der Waals surface area contributed by atoms with Gasteiger partial charge in [-0.05, 0) is 12.7 Å². The molecule has 0 amide bonds. The number of aliphatic hydroxyl groups excluding tert-OH is 1. The van der Waals surface area contributed by atoms with Crippen LogP contribution in [0.25, 0.3) is 0 Å². The van der Waals surface area contributed by atoms with Crippen LogP contribution in [-0.4, -0.2) is 47.6 Å². The quantitative estimate of drug-likeness (QED) is 0.623. The average Bonchev–Trinajstić information content (AvgIpc) is 2.75. The first-order valence-corrected chi connectivity index (χ1v) is 6.35. The summed E-state index contributed by atoms with van der Waals surface area (Å²) in [5, 5.41) is 10.2. The molecule has 0 bridgehead atoms. The van der Waals surface area contributed by atoms with Crippen LogP contribution in [0.4, 0.5) is 5.82 Å². The number of hydrogen-bond donors (Lipinski definition) is 1. The Morgan fingerprint density at radius 3 is 2.94 bits per heavy atom. The van der Waals surface area contributed by atoms with Crippen LogP contribution in [0, 0.1) is 0 Å². The van der Waals surface area contributed by atoms with Crippen LogP contribution in [-0.2, 0) is 0 Å². The van der Waals surface area contributed by atoms with Crippen LogP contribution in [0.15, 0.2) is 11.2 Å². The number of anilines is 1. The fourth-order valence-corrected chi connectivity index (χ4v) is 2.07. The van der Waals surface area contributed by atoms with Gasteiger partial charge in [0.25, 0.3) is 0 Å². The Balaban J connectivity index is 2.25. The lowest BCUT2D eigenvalue weighted by molar-refractivity contribution is 0.198. The normalized spacial score (nSPS) is 20.2. The van der Waals surface area contributed by atoms with E-state index in [-0.39, 0.29) is 6.10 Å². The van der Waals surface area contributed by atoms with E-state index < -0.39 is 0 Å². The van der Waals surface area contributed by atoms with Crippen molar-refractivity contribution in [2.45, 2.75) is 17.7 Å². The monoisotopic (exact) mass is 241 g/mol. The van der Waals surface area contributed by atoms with E-state index in [0.717, 1.165) is 18.8 Å². The lowest BCUT2D eigenvalue weighted by atomic mass is 10.3. The van der Waals surface area contributed by atoms with E-state index in [4.69, 9.17) is 4.74 Å². The maximum atomic E-state index is 9.49. The first kappa shape index (κ1) is 11.5. The van der Waals surface area contributed by atoms with Gasteiger partial charge in [-0.3, -0.25) is 0 Å². The van der Waals surface area contributed by atoms with Crippen LogP contribution >= 0.6 is 11.8 Å². The minimum atomic E-state index is -0.251. The molecular formula is C10H15N3O2S. The lowest BCUT2D eigenvalue weighted by Gasteiger charge is -2.17. The predicted octanol–water partition coefficient (Wildman–Crippen LogP) is 0.778. The van der Waals surface area contributed by atoms with Crippen LogP contribution in [0.5, 0.6) is 5.88 Å². The SMILES string of the molecule is COc1cc(N2CCC(O)C2)nc(SC)n1. The zero-order chi connectivity index (χ0) is 11.5. The summed E-state index contributed by atoms with van der Waals surface area (Å²) in [6.45, 7) is 1.46. The van der Waals surface area contributed by atoms with Crippen LogP contribution < -0.4 is 9.64 Å². The van der Waals surface area contributed by atoms with Gasteiger partial charge in [0.2, 0.25) is 5.88 Å². The Bertz CT molecular complexity index is 353. The van der Waals surface area contributed by atoms with Gasteiger partial charge in [0.1, 0.15) is 5.82 Å². The van der Waals surface area contributed by atoms with Gasteiger partial charge >= 0.3 is 0 Å². The highest BCUT2D eigenvalue weighted by molar-refractivity contribution is 7.98. The molecule has 0 aliphatic carbocycles. The van der Waals surface area contributed by atoms with Crippen molar-refractivity contribution >= 4 is 17.6 Å². The fraction of sp³-hybridized carbons (Fsp3) is 0.600. The summed E-state index contributed by atoms with van der Waals surface area (Å²) in [6.07, 6.45) is 2.47. The predicted molar refractivity (Wildman–Crippen MR) is 63.2 cm³/mol. The summed E-state index contributed by atoms with van der Waals surface area (Å²) >= 11 is 1.48. The number of aliphatic hydroxyl groups is 1. The van der Waals surface area contributed by atoms with E-state index in [0.29, 0.717) is 17.6 Å². The van der Waals surface area contributed by atoms with E-state index in [1.54, 1.807) is 13.2 Å². The number of aromatic nitrogens is 2. The molecule has 0 aromatic carbocycles. The topological polar surface area (TPSA) is 58.5 Å². The molecule has 2 heterocycles. The number of hydrogen-bond acceptors (Lipinski definition) is 6. The minimum absolute atomic E-state index is 0.251. The standard InChI is InChI=1S/C10H15N3O2S/c1-15-9-5-8(11-10(12-9)16-2)13-4-3-7(14)6-13/h5,7,14H,3-4,6H2,1-2H3. The minimum Gasteiger partial charge on any atom is -0.481 e. The second-order valence-electron chi connectivity index (χ2n) is 3.64. The second kappa shape index (κ2) is 4.88. The summed E-state index contributed by atoms with van der Waals surface area (Å²) < 4.78 is 5.13. The van der Waals surface area contributed by atoms with Gasteiger partial charge in [0, 0.05) is 19.2 Å². The molecule has 1 saturated heterocycles. The van der Waals surface area contributed by atoms with Gasteiger partial charge in [-0.25, -0.2) is 4.98 Å². The summed E-state index contributed by atoms with van der Waals surface area (Å²) in [5.41, 5.74) is 0. The van der Waals surface area contributed by atoms with Crippen LogP contribution in [0.2, 0.25) is 0 Å². The third kappa shape index (κ3) is 2.38. The number of thioether (sulfide) groups is 1. The molecule has 5 nitrogen and oxygen atoms in total. The first-order valence-electron chi connectivity index (χ1n) is 5.13. The molecule has 16 heavy (non-hydrogen) atoms. The third-order valence-electron chi connectivity index (χ3n) is 2.55. The molecular weight excluding hydrogens is 226 g/mol. The maximum absolute atomic E-state index is 9.49. The zero-order valence-corrected chi connectivity index (χ0v) is 10.2. The Hall–Kier alpha value is -1.01. The zero-order valence-electron chi connectivity index (χ0n) is 9.38. The Morgan fingerprint density at radius 2 is 2.38 bits per heavy atom. The maximum Gasteiger partial charge on any atom is 0.219 e. The van der Waals surface area contributed by atoms with Crippen molar-refractivity contribution in [3.63, 3.8) is 0 Å². The highest BCUT2D eigenvalue weighted by Gasteiger charge is 2.22. The van der Waals surface area contributed by atoms with Gasteiger partial charge in [-0.15, -0.1) is 0 Å². The van der Waals surface area contributed by atoms with Crippen molar-refractivity contribution in [1.82, 2.24) is 9.97 Å². The first-order chi connectivity index (χ1) is 7.72. The molecule has 0 saturated carbocycles. The summed E-state index contributed by atoms with van der Waals surface area (Å²) in [4.78, 5) is 10.7. The molecule has 1 aromatic rings. The number of ether oxygens (including phenoxy) is 1. The summed E-state index contributed by atoms with van der Waals surface area (Å²) in [5.74, 6) is 1.39. The van der Waals surface area contributed by atoms with E-state index in [1.807, 2.05) is 6.26 Å². The van der Waals surface area contributed by atoms with Crippen molar-refractivity contribution in [3.8, 4) is 5.88 Å². The molecule has 0 radical (unpaired) electrons. The molecule has 2 rings (SSSR count). The molecule has 1 aliphatic heterocycles. The summed E-state index contributed by atoms with van der Waals surface area (Å²) in [6, 6.07) is 1.80. The van der Waals surface area contributed by atoms with E-state index in [9.17, 15) is 5.11 Å². The van der Waals surface area contributed by atoms with Crippen molar-refractivity contribution in [2.24, 2.45) is 0 Å². The Kier molecular flexibility index (Phi) is 3.50. The average molecular weight is 241 g/mol. The molecule has 88 valence electrons. The largest absolute Gasteiger partial charge is 0.481 e. The number of rotatable bonds is 3. The third-order valence-corrected chi connectivity index (χ3v) is 3.10. The number of methoxy groups -OCH3 is 1. The molecule has 0 spiro atoms. The van der Waals surface area contributed by atoms with Crippen molar-refractivity contribution in [3.05, 3.63) is 6.07 Å². The van der Waals surface area contributed by atoms with E-state index in [2.05, 4.69) is 14.9 Å². The summed E-state index contributed by atoms with van der Waals surface area (Å²) in [7, 11) is 1.59. The molecule has 1 aromatic heterocycles. The molecule has 1 aliphatic rings. The Morgan fingerprint density at radius 1 is 1.56 bits per heavy atom. The fourth-order valence-electron chi connectivity index (χ4n) is 1.70. The van der Waals surface area contributed by atoms with E-state index in [1.165, 1.54) is 11.8 Å². The lowest BCUT2D eigenvalue weighted by Crippen LogP contribution is -2.22. The second-order valence-corrected chi connectivity index (χ2v) is 4.42. The van der Waals surface area contributed by atoms with Gasteiger partial charge in [-0.1, -0.05) is 11.8 Å². The van der Waals surface area contributed by atoms with Crippen molar-refractivity contribution in [2.75, 3.05) is 31.4 Å². The number of β-amino-alcohol motifs (C(OH)–C–C–N with tert-alkyl or cyclic N) is 1. The van der Waals surface area contributed by atoms with Crippen LogP contribution in [0.3, 0.4) is 0 Å². The highest BCUT2D eigenvalue weighted by atomic mass is 32.2. The van der Waals surface area contributed by atoms with Crippen molar-refractivity contribution < 1.29 is 9.84 Å². The van der Waals surface area contributed by atoms with Gasteiger partial charge in [0.05, 0.1) is 13.2 Å². The van der Waals surface area contributed by atoms with Gasteiger partial charge in [0.15, 0.2) is 5.16 Å². The van der Waals surface area contributed by atoms with Gasteiger partial charge < -0.3 is 14.7 Å². The van der Waals surface area contributed by atoms with Crippen molar-refractivity contribution in [1.29, 1.82) is 0 Å². The molecule has 1 atom stereocenters. The molecule has 1 unspecified atom stereocenters. The van der Waals surface area contributed by atoms with Gasteiger partial charge in [-0.2, -0.15) is 4.98 Å². The highest BCUT2D eigenvalue weighted by Crippen LogP contribution is 2.24. The smallest absolute Gasteiger partial charge is 0.219 e. The van der Waals surface area contributed by atoms with Crippen LogP contribution in [0.1, 0.15) is 6.42 Å².